The zero-order valence-electron chi connectivity index (χ0n) is 12.3. The van der Waals surface area contributed by atoms with Crippen LogP contribution >= 0.6 is 11.8 Å². The SMILES string of the molecule is c1ccc2c(c1)Sc1ccc3ccc4cccc5cc-2c1c3c45. The lowest BCUT2D eigenvalue weighted by molar-refractivity contribution is 1.41. The predicted octanol–water partition coefficient (Wildman–Crippen LogP) is 6.72. The van der Waals surface area contributed by atoms with Gasteiger partial charge in [-0.1, -0.05) is 66.4 Å². The monoisotopic (exact) mass is 308 g/mol. The van der Waals surface area contributed by atoms with Gasteiger partial charge in [-0.2, -0.15) is 0 Å². The van der Waals surface area contributed by atoms with Gasteiger partial charge in [-0.15, -0.1) is 0 Å². The minimum absolute atomic E-state index is 1.34. The van der Waals surface area contributed by atoms with Gasteiger partial charge in [0.15, 0.2) is 0 Å². The van der Waals surface area contributed by atoms with E-state index in [1.165, 1.54) is 53.2 Å². The third kappa shape index (κ3) is 1.43. The second-order valence-corrected chi connectivity index (χ2v) is 7.29. The predicted molar refractivity (Wildman–Crippen MR) is 99.7 cm³/mol. The van der Waals surface area contributed by atoms with Crippen LogP contribution in [-0.4, -0.2) is 0 Å². The number of hydrogen-bond acceptors (Lipinski definition) is 1. The highest BCUT2D eigenvalue weighted by atomic mass is 32.2. The van der Waals surface area contributed by atoms with Crippen LogP contribution in [0, 0.1) is 0 Å². The lowest BCUT2D eigenvalue weighted by Crippen LogP contribution is -1.95. The zero-order valence-corrected chi connectivity index (χ0v) is 13.2. The van der Waals surface area contributed by atoms with Crippen molar-refractivity contribution in [1.82, 2.24) is 0 Å². The van der Waals surface area contributed by atoms with E-state index in [0.29, 0.717) is 0 Å². The minimum Gasteiger partial charge on any atom is -0.0888 e. The number of benzene rings is 5. The Morgan fingerprint density at radius 3 is 2.22 bits per heavy atom. The van der Waals surface area contributed by atoms with E-state index >= 15 is 0 Å². The van der Waals surface area contributed by atoms with Gasteiger partial charge in [0, 0.05) is 15.2 Å². The van der Waals surface area contributed by atoms with Crippen molar-refractivity contribution in [3.05, 3.63) is 72.8 Å². The van der Waals surface area contributed by atoms with Gasteiger partial charge in [-0.05, 0) is 56.3 Å². The van der Waals surface area contributed by atoms with Crippen molar-refractivity contribution in [2.75, 3.05) is 0 Å². The quantitative estimate of drug-likeness (QED) is 0.281. The molecule has 0 radical (unpaired) electrons. The van der Waals surface area contributed by atoms with Crippen molar-refractivity contribution in [3.63, 3.8) is 0 Å². The summed E-state index contributed by atoms with van der Waals surface area (Å²) in [5.41, 5.74) is 2.75. The molecule has 0 bridgehead atoms. The fraction of sp³-hybridized carbons (Fsp3) is 0. The van der Waals surface area contributed by atoms with Crippen LogP contribution in [0.3, 0.4) is 0 Å². The van der Waals surface area contributed by atoms with Crippen molar-refractivity contribution >= 4 is 44.1 Å². The molecule has 0 nitrogen and oxygen atoms in total. The lowest BCUT2D eigenvalue weighted by atomic mass is 9.89. The van der Waals surface area contributed by atoms with Gasteiger partial charge in [0.2, 0.25) is 0 Å². The van der Waals surface area contributed by atoms with Crippen molar-refractivity contribution in [2.24, 2.45) is 0 Å². The highest BCUT2D eigenvalue weighted by Crippen LogP contribution is 2.51. The Labute approximate surface area is 138 Å². The summed E-state index contributed by atoms with van der Waals surface area (Å²) < 4.78 is 0. The summed E-state index contributed by atoms with van der Waals surface area (Å²) in [6.45, 7) is 0. The standard InChI is InChI=1S/C22H12S/c1-2-7-18-16(6-1)17-12-15-5-3-4-13-8-9-14-10-11-19(23-18)22(17)21(14)20(13)15/h1-12H. The smallest absolute Gasteiger partial charge is 0.0207 e. The first-order chi connectivity index (χ1) is 11.4. The highest BCUT2D eigenvalue weighted by Gasteiger charge is 2.21. The van der Waals surface area contributed by atoms with E-state index in [1.807, 2.05) is 11.8 Å². The third-order valence-corrected chi connectivity index (χ3v) is 6.12. The van der Waals surface area contributed by atoms with E-state index in [0.717, 1.165) is 0 Å². The molecule has 1 aliphatic heterocycles. The number of hydrogen-bond donors (Lipinski definition) is 0. The second kappa shape index (κ2) is 4.06. The first-order valence-electron chi connectivity index (χ1n) is 7.88. The summed E-state index contributed by atoms with van der Waals surface area (Å²) in [6.07, 6.45) is 0. The van der Waals surface area contributed by atoms with E-state index < -0.39 is 0 Å². The Hall–Kier alpha value is -2.51. The molecule has 5 aromatic rings. The maximum absolute atomic E-state index is 2.38. The summed E-state index contributed by atoms with van der Waals surface area (Å²) in [7, 11) is 0. The maximum atomic E-state index is 2.38. The van der Waals surface area contributed by atoms with E-state index in [9.17, 15) is 0 Å². The van der Waals surface area contributed by atoms with Crippen molar-refractivity contribution in [3.8, 4) is 11.1 Å². The molecular formula is C22H12S. The van der Waals surface area contributed by atoms with E-state index in [2.05, 4.69) is 72.8 Å². The molecule has 6 rings (SSSR count). The molecule has 23 heavy (non-hydrogen) atoms. The molecule has 106 valence electrons. The van der Waals surface area contributed by atoms with Crippen LogP contribution in [0.15, 0.2) is 82.6 Å². The molecule has 0 spiro atoms. The fourth-order valence-corrected chi connectivity index (χ4v) is 5.13. The van der Waals surface area contributed by atoms with Gasteiger partial charge in [0.05, 0.1) is 0 Å². The Morgan fingerprint density at radius 1 is 0.478 bits per heavy atom. The van der Waals surface area contributed by atoms with E-state index in [4.69, 9.17) is 0 Å². The average Bonchev–Trinajstić information content (AvgIpc) is 2.61. The van der Waals surface area contributed by atoms with Crippen LogP contribution in [0.5, 0.6) is 0 Å². The molecule has 1 heteroatoms. The van der Waals surface area contributed by atoms with Crippen LogP contribution < -0.4 is 0 Å². The fourth-order valence-electron chi connectivity index (χ4n) is 4.01. The van der Waals surface area contributed by atoms with Crippen molar-refractivity contribution < 1.29 is 0 Å². The second-order valence-electron chi connectivity index (χ2n) is 6.20. The van der Waals surface area contributed by atoms with Gasteiger partial charge in [0.1, 0.15) is 0 Å². The Balaban J connectivity index is 1.97. The Kier molecular flexibility index (Phi) is 2.12. The lowest BCUT2D eigenvalue weighted by Gasteiger charge is -2.23. The summed E-state index contributed by atoms with van der Waals surface area (Å²) in [5.74, 6) is 0. The molecule has 0 aromatic heterocycles. The van der Waals surface area contributed by atoms with E-state index in [-0.39, 0.29) is 0 Å². The first kappa shape index (κ1) is 12.0. The maximum Gasteiger partial charge on any atom is 0.0207 e. The summed E-state index contributed by atoms with van der Waals surface area (Å²) in [5, 5.41) is 8.28. The largest absolute Gasteiger partial charge is 0.0888 e. The third-order valence-electron chi connectivity index (χ3n) is 4.99. The molecule has 0 amide bonds. The van der Waals surface area contributed by atoms with Gasteiger partial charge >= 0.3 is 0 Å². The average molecular weight is 308 g/mol. The molecule has 0 aliphatic carbocycles. The van der Waals surface area contributed by atoms with Gasteiger partial charge in [-0.3, -0.25) is 0 Å². The molecule has 0 fully saturated rings. The molecule has 0 N–H and O–H groups in total. The molecule has 1 heterocycles. The number of rotatable bonds is 0. The Bertz CT molecular complexity index is 1230. The molecule has 0 saturated carbocycles. The number of fused-ring (bicyclic) bond motifs is 2. The van der Waals surface area contributed by atoms with Crippen LogP contribution in [0.2, 0.25) is 0 Å². The van der Waals surface area contributed by atoms with Crippen LogP contribution in [0.4, 0.5) is 0 Å². The summed E-state index contributed by atoms with van der Waals surface area (Å²) >= 11 is 1.90. The van der Waals surface area contributed by atoms with Crippen LogP contribution in [0.25, 0.3) is 43.4 Å². The van der Waals surface area contributed by atoms with Crippen LogP contribution in [-0.2, 0) is 0 Å². The first-order valence-corrected chi connectivity index (χ1v) is 8.69. The normalized spacial score (nSPS) is 13.0. The molecule has 0 atom stereocenters. The molecule has 1 aliphatic rings. The minimum atomic E-state index is 1.34. The van der Waals surface area contributed by atoms with Crippen molar-refractivity contribution in [1.29, 1.82) is 0 Å². The van der Waals surface area contributed by atoms with Gasteiger partial charge in [-0.25, -0.2) is 0 Å². The summed E-state index contributed by atoms with van der Waals surface area (Å²) in [6, 6.07) is 26.8. The van der Waals surface area contributed by atoms with Crippen LogP contribution in [0.1, 0.15) is 0 Å². The van der Waals surface area contributed by atoms with Gasteiger partial charge < -0.3 is 0 Å². The topological polar surface area (TPSA) is 0 Å². The summed E-state index contributed by atoms with van der Waals surface area (Å²) in [4.78, 5) is 2.74. The highest BCUT2D eigenvalue weighted by molar-refractivity contribution is 7.99. The molecule has 0 saturated heterocycles. The molecule has 5 aromatic carbocycles. The van der Waals surface area contributed by atoms with Crippen molar-refractivity contribution in [2.45, 2.75) is 9.79 Å². The Morgan fingerprint density at radius 2 is 1.26 bits per heavy atom. The molecule has 0 unspecified atom stereocenters. The molecular weight excluding hydrogens is 296 g/mol. The van der Waals surface area contributed by atoms with Gasteiger partial charge in [0.25, 0.3) is 0 Å². The van der Waals surface area contributed by atoms with E-state index in [1.54, 1.807) is 0 Å². The zero-order chi connectivity index (χ0) is 15.0.